The SMILES string of the molecule is Brc1csc(CN2CC(c3nc(-c4ncccn4)no3)C2)c1. The Kier molecular flexibility index (Phi) is 3.73. The maximum Gasteiger partial charge on any atom is 0.240 e. The van der Waals surface area contributed by atoms with Gasteiger partial charge < -0.3 is 4.52 Å². The largest absolute Gasteiger partial charge is 0.338 e. The number of halogens is 1. The van der Waals surface area contributed by atoms with Gasteiger partial charge in [-0.1, -0.05) is 5.16 Å². The van der Waals surface area contributed by atoms with E-state index in [0.717, 1.165) is 24.1 Å². The highest BCUT2D eigenvalue weighted by Gasteiger charge is 2.33. The first-order valence-electron chi connectivity index (χ1n) is 6.84. The average Bonchev–Trinajstić information content (AvgIpc) is 3.12. The van der Waals surface area contributed by atoms with Gasteiger partial charge in [-0.3, -0.25) is 4.90 Å². The fourth-order valence-corrected chi connectivity index (χ4v) is 3.91. The molecule has 1 aliphatic rings. The van der Waals surface area contributed by atoms with E-state index in [-0.39, 0.29) is 0 Å². The van der Waals surface area contributed by atoms with E-state index >= 15 is 0 Å². The van der Waals surface area contributed by atoms with Gasteiger partial charge >= 0.3 is 0 Å². The molecule has 1 saturated heterocycles. The van der Waals surface area contributed by atoms with Crippen LogP contribution in [0.25, 0.3) is 11.6 Å². The minimum absolute atomic E-state index is 0.299. The van der Waals surface area contributed by atoms with Crippen LogP contribution in [0.3, 0.4) is 0 Å². The second-order valence-electron chi connectivity index (χ2n) is 5.15. The van der Waals surface area contributed by atoms with Crippen molar-refractivity contribution in [1.82, 2.24) is 25.0 Å². The van der Waals surface area contributed by atoms with E-state index in [4.69, 9.17) is 4.52 Å². The van der Waals surface area contributed by atoms with Gasteiger partial charge in [0.2, 0.25) is 17.5 Å². The molecule has 0 N–H and O–H groups in total. The molecule has 0 amide bonds. The molecular formula is C14H12BrN5OS. The first-order chi connectivity index (χ1) is 10.8. The smallest absolute Gasteiger partial charge is 0.240 e. The highest BCUT2D eigenvalue weighted by Crippen LogP contribution is 2.30. The summed E-state index contributed by atoms with van der Waals surface area (Å²) >= 11 is 5.25. The van der Waals surface area contributed by atoms with Gasteiger partial charge in [0, 0.05) is 46.8 Å². The molecule has 0 aromatic carbocycles. The molecule has 1 aliphatic heterocycles. The van der Waals surface area contributed by atoms with E-state index in [1.165, 1.54) is 4.88 Å². The summed E-state index contributed by atoms with van der Waals surface area (Å²) < 4.78 is 6.50. The van der Waals surface area contributed by atoms with Crippen molar-refractivity contribution in [2.45, 2.75) is 12.5 Å². The predicted octanol–water partition coefficient (Wildman–Crippen LogP) is 2.95. The highest BCUT2D eigenvalue weighted by molar-refractivity contribution is 9.10. The maximum absolute atomic E-state index is 5.35. The summed E-state index contributed by atoms with van der Waals surface area (Å²) in [6.07, 6.45) is 3.34. The second-order valence-corrected chi connectivity index (χ2v) is 7.06. The maximum atomic E-state index is 5.35. The number of nitrogens with zero attached hydrogens (tertiary/aromatic N) is 5. The number of thiophene rings is 1. The molecule has 6 nitrogen and oxygen atoms in total. The summed E-state index contributed by atoms with van der Waals surface area (Å²) in [6, 6.07) is 3.92. The fraction of sp³-hybridized carbons (Fsp3) is 0.286. The minimum Gasteiger partial charge on any atom is -0.338 e. The molecule has 4 heterocycles. The Labute approximate surface area is 139 Å². The lowest BCUT2D eigenvalue weighted by Gasteiger charge is -2.36. The molecule has 4 rings (SSSR count). The fourth-order valence-electron chi connectivity index (χ4n) is 2.42. The predicted molar refractivity (Wildman–Crippen MR) is 85.4 cm³/mol. The van der Waals surface area contributed by atoms with Crippen LogP contribution in [-0.4, -0.2) is 38.1 Å². The monoisotopic (exact) mass is 377 g/mol. The molecule has 0 atom stereocenters. The van der Waals surface area contributed by atoms with Crippen molar-refractivity contribution in [3.8, 4) is 11.6 Å². The Morgan fingerprint density at radius 2 is 2.09 bits per heavy atom. The first-order valence-corrected chi connectivity index (χ1v) is 8.51. The Morgan fingerprint density at radius 1 is 1.27 bits per heavy atom. The van der Waals surface area contributed by atoms with Gasteiger partial charge in [0.1, 0.15) is 0 Å². The average molecular weight is 378 g/mol. The zero-order chi connectivity index (χ0) is 14.9. The van der Waals surface area contributed by atoms with Gasteiger partial charge in [0.25, 0.3) is 0 Å². The third-order valence-corrected chi connectivity index (χ3v) is 5.20. The van der Waals surface area contributed by atoms with Crippen molar-refractivity contribution in [3.05, 3.63) is 45.1 Å². The van der Waals surface area contributed by atoms with E-state index in [1.807, 2.05) is 0 Å². The molecule has 3 aromatic rings. The number of hydrogen-bond donors (Lipinski definition) is 0. The van der Waals surface area contributed by atoms with Gasteiger partial charge in [-0.25, -0.2) is 9.97 Å². The van der Waals surface area contributed by atoms with Gasteiger partial charge in [-0.2, -0.15) is 4.98 Å². The molecule has 0 unspecified atom stereocenters. The quantitative estimate of drug-likeness (QED) is 0.696. The van der Waals surface area contributed by atoms with Crippen molar-refractivity contribution in [2.24, 2.45) is 0 Å². The van der Waals surface area contributed by atoms with E-state index in [9.17, 15) is 0 Å². The normalized spacial score (nSPS) is 15.9. The van der Waals surface area contributed by atoms with Crippen LogP contribution in [0.1, 0.15) is 16.7 Å². The summed E-state index contributed by atoms with van der Waals surface area (Å²) in [5.41, 5.74) is 0. The topological polar surface area (TPSA) is 67.9 Å². The molecule has 3 aromatic heterocycles. The Hall–Kier alpha value is -1.64. The van der Waals surface area contributed by atoms with E-state index < -0.39 is 0 Å². The number of likely N-dealkylation sites (tertiary alicyclic amines) is 1. The molecule has 112 valence electrons. The zero-order valence-electron chi connectivity index (χ0n) is 11.5. The van der Waals surface area contributed by atoms with Crippen molar-refractivity contribution >= 4 is 27.3 Å². The lowest BCUT2D eigenvalue weighted by Crippen LogP contribution is -2.44. The van der Waals surface area contributed by atoms with Gasteiger partial charge in [0.05, 0.1) is 5.92 Å². The summed E-state index contributed by atoms with van der Waals surface area (Å²) in [4.78, 5) is 16.4. The molecule has 0 aliphatic carbocycles. The highest BCUT2D eigenvalue weighted by atomic mass is 79.9. The van der Waals surface area contributed by atoms with E-state index in [0.29, 0.717) is 23.5 Å². The van der Waals surface area contributed by atoms with Crippen molar-refractivity contribution < 1.29 is 4.52 Å². The molecule has 8 heteroatoms. The third-order valence-electron chi connectivity index (χ3n) is 3.52. The lowest BCUT2D eigenvalue weighted by molar-refractivity contribution is 0.118. The lowest BCUT2D eigenvalue weighted by atomic mass is 10.0. The van der Waals surface area contributed by atoms with Crippen molar-refractivity contribution in [3.63, 3.8) is 0 Å². The van der Waals surface area contributed by atoms with Crippen LogP contribution in [0.2, 0.25) is 0 Å². The van der Waals surface area contributed by atoms with Crippen LogP contribution in [0.15, 0.2) is 38.9 Å². The molecule has 0 bridgehead atoms. The van der Waals surface area contributed by atoms with Crippen LogP contribution in [0, 0.1) is 0 Å². The molecule has 22 heavy (non-hydrogen) atoms. The minimum atomic E-state index is 0.299. The Bertz CT molecular complexity index is 768. The van der Waals surface area contributed by atoms with Gasteiger partial charge in [0.15, 0.2) is 0 Å². The van der Waals surface area contributed by atoms with Crippen molar-refractivity contribution in [1.29, 1.82) is 0 Å². The number of aromatic nitrogens is 4. The standard InChI is InChI=1S/C14H12BrN5OS/c15-10-4-11(22-8-10)7-20-5-9(6-20)14-18-13(19-21-14)12-16-2-1-3-17-12/h1-4,8-9H,5-7H2. The first kappa shape index (κ1) is 14.0. The Morgan fingerprint density at radius 3 is 2.82 bits per heavy atom. The summed E-state index contributed by atoms with van der Waals surface area (Å²) in [7, 11) is 0. The van der Waals surface area contributed by atoms with Crippen LogP contribution in [0.4, 0.5) is 0 Å². The number of rotatable bonds is 4. The molecule has 0 spiro atoms. The van der Waals surface area contributed by atoms with Crippen molar-refractivity contribution in [2.75, 3.05) is 13.1 Å². The van der Waals surface area contributed by atoms with Crippen LogP contribution in [-0.2, 0) is 6.54 Å². The summed E-state index contributed by atoms with van der Waals surface area (Å²) in [5.74, 6) is 1.92. The molecular weight excluding hydrogens is 366 g/mol. The summed E-state index contributed by atoms with van der Waals surface area (Å²) in [5, 5.41) is 6.08. The zero-order valence-corrected chi connectivity index (χ0v) is 13.9. The Balaban J connectivity index is 1.38. The van der Waals surface area contributed by atoms with E-state index in [2.05, 4.69) is 52.4 Å². The second kappa shape index (κ2) is 5.86. The van der Waals surface area contributed by atoms with Crippen LogP contribution < -0.4 is 0 Å². The molecule has 0 saturated carbocycles. The van der Waals surface area contributed by atoms with Gasteiger partial charge in [-0.15, -0.1) is 11.3 Å². The summed E-state index contributed by atoms with van der Waals surface area (Å²) in [6.45, 7) is 2.84. The molecule has 0 radical (unpaired) electrons. The number of hydrogen-bond acceptors (Lipinski definition) is 7. The van der Waals surface area contributed by atoms with Crippen LogP contribution in [0.5, 0.6) is 0 Å². The van der Waals surface area contributed by atoms with E-state index in [1.54, 1.807) is 29.8 Å². The van der Waals surface area contributed by atoms with Gasteiger partial charge in [-0.05, 0) is 28.1 Å². The molecule has 1 fully saturated rings. The third kappa shape index (κ3) is 2.81. The van der Waals surface area contributed by atoms with Crippen LogP contribution >= 0.6 is 27.3 Å².